The monoisotopic (exact) mass is 627 g/mol. The van der Waals surface area contributed by atoms with Gasteiger partial charge in [-0.2, -0.15) is 0 Å². The first kappa shape index (κ1) is 32.2. The van der Waals surface area contributed by atoms with E-state index in [0.29, 0.717) is 46.8 Å². The van der Waals surface area contributed by atoms with Crippen molar-refractivity contribution >= 4 is 46.6 Å². The lowest BCUT2D eigenvalue weighted by Crippen LogP contribution is -2.10. The number of ether oxygens (including phenoxy) is 2. The number of carbonyl (C=O) groups is 2. The maximum Gasteiger partial charge on any atom is 0.323 e. The van der Waals surface area contributed by atoms with Crippen molar-refractivity contribution in [3.63, 3.8) is 0 Å². The molecule has 230 valence electrons. The van der Waals surface area contributed by atoms with Gasteiger partial charge in [0.2, 0.25) is 0 Å². The highest BCUT2D eigenvalue weighted by Gasteiger charge is 2.19. The lowest BCUT2D eigenvalue weighted by atomic mass is 10.0. The van der Waals surface area contributed by atoms with E-state index in [1.54, 1.807) is 60.1 Å². The van der Waals surface area contributed by atoms with Gasteiger partial charge in [0.1, 0.15) is 53.7 Å². The molecule has 44 heavy (non-hydrogen) atoms. The number of carboxylic acid groups (broad SMARTS) is 2. The number of carboxylic acids is 2. The first-order chi connectivity index (χ1) is 21.0. The van der Waals surface area contributed by atoms with Gasteiger partial charge in [-0.15, -0.1) is 0 Å². The average molecular weight is 628 g/mol. The summed E-state index contributed by atoms with van der Waals surface area (Å²) in [4.78, 5) is 22.7. The molecule has 4 aromatic rings. The van der Waals surface area contributed by atoms with Gasteiger partial charge in [0, 0.05) is 35.2 Å². The molecular weight excluding hydrogens is 599 g/mol. The van der Waals surface area contributed by atoms with Gasteiger partial charge in [0.05, 0.1) is 5.52 Å². The highest BCUT2D eigenvalue weighted by molar-refractivity contribution is 6.32. The van der Waals surface area contributed by atoms with Crippen LogP contribution in [0.3, 0.4) is 0 Å². The highest BCUT2D eigenvalue weighted by atomic mass is 35.5. The first-order valence-corrected chi connectivity index (χ1v) is 14.0. The lowest BCUT2D eigenvalue weighted by molar-refractivity contribution is -0.138. The number of rotatable bonds is 14. The Balaban J connectivity index is 1.43. The summed E-state index contributed by atoms with van der Waals surface area (Å²) in [7, 11) is 0. The van der Waals surface area contributed by atoms with Gasteiger partial charge in [0.15, 0.2) is 0 Å². The maximum atomic E-state index is 14.7. The fourth-order valence-corrected chi connectivity index (χ4v) is 4.95. The second-order valence-corrected chi connectivity index (χ2v) is 10.3. The van der Waals surface area contributed by atoms with Crippen molar-refractivity contribution in [1.82, 2.24) is 4.57 Å². The molecule has 0 saturated heterocycles. The van der Waals surface area contributed by atoms with Crippen LogP contribution < -0.4 is 9.47 Å². The van der Waals surface area contributed by atoms with Gasteiger partial charge in [0.25, 0.3) is 0 Å². The topological polar surface area (TPSA) is 98.0 Å². The number of hydrogen-bond donors (Lipinski definition) is 2. The molecule has 0 amide bonds. The van der Waals surface area contributed by atoms with Crippen molar-refractivity contribution in [2.75, 3.05) is 13.2 Å². The molecule has 4 rings (SSSR count). The maximum absolute atomic E-state index is 14.7. The van der Waals surface area contributed by atoms with Crippen LogP contribution >= 0.6 is 11.6 Å². The molecule has 0 atom stereocenters. The molecule has 0 bridgehead atoms. The quantitative estimate of drug-likeness (QED) is 0.0845. The molecule has 2 N–H and O–H groups in total. The minimum absolute atomic E-state index is 0.0300. The van der Waals surface area contributed by atoms with Crippen molar-refractivity contribution in [3.05, 3.63) is 106 Å². The molecule has 0 aliphatic heterocycles. The van der Waals surface area contributed by atoms with Gasteiger partial charge in [-0.1, -0.05) is 35.9 Å². The Morgan fingerprint density at radius 1 is 0.909 bits per heavy atom. The van der Waals surface area contributed by atoms with Crippen LogP contribution in [-0.2, 0) is 22.6 Å². The normalized spacial score (nSPS) is 11.6. The van der Waals surface area contributed by atoms with Crippen molar-refractivity contribution < 1.29 is 42.4 Å². The Labute approximate surface area is 256 Å². The summed E-state index contributed by atoms with van der Waals surface area (Å²) in [5.74, 6) is -3.69. The molecule has 1 aromatic heterocycles. The number of benzene rings is 3. The van der Waals surface area contributed by atoms with E-state index in [-0.39, 0.29) is 37.0 Å². The lowest BCUT2D eigenvalue weighted by Gasteiger charge is -2.08. The van der Waals surface area contributed by atoms with Crippen LogP contribution in [0.2, 0.25) is 5.02 Å². The third kappa shape index (κ3) is 8.23. The number of fused-ring (bicyclic) bond motifs is 1. The molecule has 0 fully saturated rings. The first-order valence-electron chi connectivity index (χ1n) is 13.6. The molecule has 0 unspecified atom stereocenters. The fraction of sp³-hybridized carbons (Fsp3) is 0.212. The standard InChI is InChI=1S/C33H29ClF3NO6/c1-20-26(5-4-6-30(39)40)27-16-23(35)15-22(33(27)38(20)19-31(41)42)10-7-21-8-11-25(12-9-21)43-13-2-3-14-44-29-18-24(36)17-28(37)32(29)34/h2-3,7-12,15-18H,4-6,13-14,19H2,1H3,(H,39,40)(H,41,42)/b3-2+,10-7?. The summed E-state index contributed by atoms with van der Waals surface area (Å²) in [6.07, 6.45) is 7.44. The minimum Gasteiger partial charge on any atom is -0.490 e. The molecule has 7 nitrogen and oxygen atoms in total. The molecule has 0 radical (unpaired) electrons. The van der Waals surface area contributed by atoms with Gasteiger partial charge >= 0.3 is 11.9 Å². The van der Waals surface area contributed by atoms with E-state index >= 15 is 0 Å². The van der Waals surface area contributed by atoms with Crippen LogP contribution in [0, 0.1) is 24.4 Å². The van der Waals surface area contributed by atoms with Gasteiger partial charge in [-0.25, -0.2) is 13.2 Å². The molecule has 3 aromatic carbocycles. The highest BCUT2D eigenvalue weighted by Crippen LogP contribution is 2.32. The van der Waals surface area contributed by atoms with E-state index in [4.69, 9.17) is 26.2 Å². The third-order valence-corrected chi connectivity index (χ3v) is 7.16. The van der Waals surface area contributed by atoms with Crippen LogP contribution in [0.4, 0.5) is 13.2 Å². The number of aryl methyl sites for hydroxylation is 1. The number of aliphatic carboxylic acids is 2. The van der Waals surface area contributed by atoms with E-state index in [1.807, 2.05) is 0 Å². The zero-order chi connectivity index (χ0) is 31.8. The van der Waals surface area contributed by atoms with Crippen LogP contribution in [-0.4, -0.2) is 39.9 Å². The molecule has 0 aliphatic carbocycles. The summed E-state index contributed by atoms with van der Waals surface area (Å²) >= 11 is 5.77. The zero-order valence-corrected chi connectivity index (χ0v) is 24.4. The summed E-state index contributed by atoms with van der Waals surface area (Å²) in [6, 6.07) is 11.5. The summed E-state index contributed by atoms with van der Waals surface area (Å²) in [5.41, 5.74) is 3.22. The Kier molecular flexibility index (Phi) is 10.7. The predicted molar refractivity (Wildman–Crippen MR) is 162 cm³/mol. The average Bonchev–Trinajstić information content (AvgIpc) is 3.21. The SMILES string of the molecule is Cc1c(CCCC(=O)O)c2cc(F)cc(C=Cc3ccc(OC/C=C/COc4cc(F)cc(F)c4Cl)cc3)c2n1CC(=O)O. The second-order valence-electron chi connectivity index (χ2n) is 9.88. The van der Waals surface area contributed by atoms with Gasteiger partial charge in [-0.05, 0) is 67.3 Å². The Hall–Kier alpha value is -4.70. The molecule has 11 heteroatoms. The zero-order valence-electron chi connectivity index (χ0n) is 23.7. The van der Waals surface area contributed by atoms with E-state index in [1.165, 1.54) is 12.1 Å². The van der Waals surface area contributed by atoms with E-state index in [2.05, 4.69) is 0 Å². The van der Waals surface area contributed by atoms with Crippen LogP contribution in [0.15, 0.2) is 60.7 Å². The largest absolute Gasteiger partial charge is 0.490 e. The molecule has 0 saturated carbocycles. The van der Waals surface area contributed by atoms with E-state index in [0.717, 1.165) is 17.2 Å². The van der Waals surface area contributed by atoms with Crippen molar-refractivity contribution in [2.24, 2.45) is 0 Å². The number of nitrogens with zero attached hydrogens (tertiary/aromatic N) is 1. The molecule has 0 aliphatic rings. The van der Waals surface area contributed by atoms with Gasteiger partial charge < -0.3 is 24.3 Å². The second kappa shape index (κ2) is 14.7. The number of halogens is 4. The van der Waals surface area contributed by atoms with Crippen LogP contribution in [0.1, 0.15) is 35.2 Å². The minimum atomic E-state index is -1.05. The Morgan fingerprint density at radius 3 is 2.27 bits per heavy atom. The van der Waals surface area contributed by atoms with E-state index in [9.17, 15) is 27.9 Å². The van der Waals surface area contributed by atoms with Gasteiger partial charge in [-0.3, -0.25) is 9.59 Å². The molecule has 1 heterocycles. The predicted octanol–water partition coefficient (Wildman–Crippen LogP) is 7.70. The van der Waals surface area contributed by atoms with Crippen molar-refractivity contribution in [1.29, 1.82) is 0 Å². The molecular formula is C33H29ClF3NO6. The summed E-state index contributed by atoms with van der Waals surface area (Å²) < 4.78 is 54.1. The fourth-order valence-electron chi connectivity index (χ4n) is 4.79. The summed E-state index contributed by atoms with van der Waals surface area (Å²) in [5, 5.41) is 18.8. The Morgan fingerprint density at radius 2 is 1.59 bits per heavy atom. The van der Waals surface area contributed by atoms with Crippen LogP contribution in [0.5, 0.6) is 11.5 Å². The number of aromatic nitrogens is 1. The van der Waals surface area contributed by atoms with Crippen molar-refractivity contribution in [3.8, 4) is 11.5 Å². The van der Waals surface area contributed by atoms with E-state index < -0.39 is 29.4 Å². The Bertz CT molecular complexity index is 1730. The number of hydrogen-bond acceptors (Lipinski definition) is 4. The third-order valence-electron chi connectivity index (χ3n) is 6.79. The van der Waals surface area contributed by atoms with Crippen molar-refractivity contribution in [2.45, 2.75) is 32.7 Å². The molecule has 0 spiro atoms. The smallest absolute Gasteiger partial charge is 0.323 e. The summed E-state index contributed by atoms with van der Waals surface area (Å²) in [6.45, 7) is 1.67. The van der Waals surface area contributed by atoms with Crippen LogP contribution in [0.25, 0.3) is 23.1 Å².